The Morgan fingerprint density at radius 1 is 0.950 bits per heavy atom. The predicted octanol–water partition coefficient (Wildman–Crippen LogP) is 5.47. The zero-order valence-corrected chi connectivity index (χ0v) is 12.4. The van der Waals surface area contributed by atoms with Crippen molar-refractivity contribution in [3.05, 3.63) is 68.9 Å². The average Bonchev–Trinajstić information content (AvgIpc) is 2.86. The van der Waals surface area contributed by atoms with E-state index in [2.05, 4.69) is 0 Å². The van der Waals surface area contributed by atoms with E-state index in [9.17, 15) is 5.11 Å². The number of aliphatic hydroxyl groups excluding tert-OH is 1. The molecule has 0 radical (unpaired) electrons. The normalized spacial score (nSPS) is 12.8. The fourth-order valence-corrected chi connectivity index (χ4v) is 2.68. The maximum atomic E-state index is 10.4. The van der Waals surface area contributed by atoms with Gasteiger partial charge in [-0.05, 0) is 30.3 Å². The van der Waals surface area contributed by atoms with Gasteiger partial charge in [-0.2, -0.15) is 0 Å². The number of benzene rings is 2. The number of furan rings is 1. The van der Waals surface area contributed by atoms with Crippen LogP contribution in [0.15, 0.2) is 46.9 Å². The maximum Gasteiger partial charge on any atom is 0.153 e. The van der Waals surface area contributed by atoms with E-state index in [4.69, 9.17) is 39.2 Å². The highest BCUT2D eigenvalue weighted by atomic mass is 35.5. The Kier molecular flexibility index (Phi) is 3.65. The molecule has 1 N–H and O–H groups in total. The number of aliphatic hydroxyl groups is 1. The van der Waals surface area contributed by atoms with Crippen LogP contribution in [0, 0.1) is 0 Å². The van der Waals surface area contributed by atoms with Gasteiger partial charge in [0.15, 0.2) is 5.58 Å². The van der Waals surface area contributed by atoms with Crippen molar-refractivity contribution in [3.8, 4) is 0 Å². The monoisotopic (exact) mass is 326 g/mol. The predicted molar refractivity (Wildman–Crippen MR) is 81.7 cm³/mol. The van der Waals surface area contributed by atoms with Crippen LogP contribution in [0.5, 0.6) is 0 Å². The van der Waals surface area contributed by atoms with Gasteiger partial charge in [0, 0.05) is 21.0 Å². The van der Waals surface area contributed by atoms with Crippen molar-refractivity contribution in [1.29, 1.82) is 0 Å². The molecule has 0 fully saturated rings. The average molecular weight is 328 g/mol. The van der Waals surface area contributed by atoms with Crippen molar-refractivity contribution in [3.63, 3.8) is 0 Å². The Balaban J connectivity index is 2.10. The topological polar surface area (TPSA) is 33.4 Å². The van der Waals surface area contributed by atoms with Crippen LogP contribution < -0.4 is 0 Å². The first-order chi connectivity index (χ1) is 9.56. The molecule has 1 aromatic heterocycles. The number of hydrogen-bond donors (Lipinski definition) is 1. The molecule has 20 heavy (non-hydrogen) atoms. The Hall–Kier alpha value is -1.19. The first-order valence-electron chi connectivity index (χ1n) is 5.87. The molecule has 1 heterocycles. The summed E-state index contributed by atoms with van der Waals surface area (Å²) in [6, 6.07) is 12.1. The minimum atomic E-state index is -0.996. The van der Waals surface area contributed by atoms with Crippen LogP contribution in [0.3, 0.4) is 0 Å². The van der Waals surface area contributed by atoms with Crippen LogP contribution in [0.2, 0.25) is 15.1 Å². The summed E-state index contributed by atoms with van der Waals surface area (Å²) in [6.45, 7) is 0. The summed E-state index contributed by atoms with van der Waals surface area (Å²) in [7, 11) is 0. The van der Waals surface area contributed by atoms with Crippen molar-refractivity contribution < 1.29 is 9.52 Å². The molecule has 3 aromatic rings. The van der Waals surface area contributed by atoms with Crippen LogP contribution in [0.25, 0.3) is 11.0 Å². The van der Waals surface area contributed by atoms with E-state index in [-0.39, 0.29) is 0 Å². The van der Waals surface area contributed by atoms with Crippen LogP contribution in [0.1, 0.15) is 17.4 Å². The summed E-state index contributed by atoms with van der Waals surface area (Å²) in [6.07, 6.45) is -0.996. The number of halogens is 3. The molecule has 0 aliphatic heterocycles. The van der Waals surface area contributed by atoms with Crippen LogP contribution >= 0.6 is 34.8 Å². The third-order valence-electron chi connectivity index (χ3n) is 3.04. The summed E-state index contributed by atoms with van der Waals surface area (Å²) in [5.74, 6) is 0.372. The summed E-state index contributed by atoms with van der Waals surface area (Å²) in [5.41, 5.74) is 1.04. The zero-order valence-electron chi connectivity index (χ0n) is 10.1. The fourth-order valence-electron chi connectivity index (χ4n) is 2.06. The molecule has 1 unspecified atom stereocenters. The summed E-state index contributed by atoms with van der Waals surface area (Å²) >= 11 is 18.1. The zero-order chi connectivity index (χ0) is 14.3. The summed E-state index contributed by atoms with van der Waals surface area (Å²) in [5, 5.41) is 12.7. The second kappa shape index (κ2) is 5.30. The van der Waals surface area contributed by atoms with E-state index in [1.807, 2.05) is 12.1 Å². The van der Waals surface area contributed by atoms with Crippen molar-refractivity contribution in [2.24, 2.45) is 0 Å². The Labute approximate surface area is 130 Å². The lowest BCUT2D eigenvalue weighted by molar-refractivity contribution is 0.192. The van der Waals surface area contributed by atoms with Crippen molar-refractivity contribution in [2.75, 3.05) is 0 Å². The molecular weight excluding hydrogens is 319 g/mol. The van der Waals surface area contributed by atoms with Gasteiger partial charge in [0.2, 0.25) is 0 Å². The molecule has 0 spiro atoms. The van der Waals surface area contributed by atoms with E-state index < -0.39 is 6.10 Å². The molecule has 0 amide bonds. The minimum absolute atomic E-state index is 0.372. The molecule has 1 atom stereocenters. The van der Waals surface area contributed by atoms with Gasteiger partial charge in [-0.15, -0.1) is 0 Å². The molecule has 0 saturated heterocycles. The van der Waals surface area contributed by atoms with Crippen molar-refractivity contribution >= 4 is 45.8 Å². The Morgan fingerprint density at radius 2 is 1.75 bits per heavy atom. The molecule has 2 nitrogen and oxygen atoms in total. The Morgan fingerprint density at radius 3 is 2.50 bits per heavy atom. The quantitative estimate of drug-likeness (QED) is 0.676. The fraction of sp³-hybridized carbons (Fsp3) is 0.0667. The molecule has 102 valence electrons. The lowest BCUT2D eigenvalue weighted by Crippen LogP contribution is -1.98. The molecule has 0 aliphatic carbocycles. The number of hydrogen-bond acceptors (Lipinski definition) is 2. The second-order valence-corrected chi connectivity index (χ2v) is 5.63. The summed E-state index contributed by atoms with van der Waals surface area (Å²) in [4.78, 5) is 0. The van der Waals surface area contributed by atoms with E-state index in [0.717, 1.165) is 5.39 Å². The van der Waals surface area contributed by atoms with Gasteiger partial charge in [-0.3, -0.25) is 0 Å². The van der Waals surface area contributed by atoms with E-state index in [0.29, 0.717) is 32.0 Å². The standard InChI is InChI=1S/C15H9Cl3O2/c16-9-4-5-11(17)10(7-9)14(19)13-6-8-2-1-3-12(18)15(8)20-13/h1-7,14,19H. The smallest absolute Gasteiger partial charge is 0.153 e. The van der Waals surface area contributed by atoms with Gasteiger partial charge < -0.3 is 9.52 Å². The number of rotatable bonds is 2. The van der Waals surface area contributed by atoms with Gasteiger partial charge in [0.25, 0.3) is 0 Å². The van der Waals surface area contributed by atoms with E-state index in [1.165, 1.54) is 0 Å². The third kappa shape index (κ3) is 2.40. The number of para-hydroxylation sites is 1. The third-order valence-corrected chi connectivity index (χ3v) is 3.91. The highest BCUT2D eigenvalue weighted by molar-refractivity contribution is 6.35. The lowest BCUT2D eigenvalue weighted by Gasteiger charge is -2.10. The van der Waals surface area contributed by atoms with E-state index in [1.54, 1.807) is 30.3 Å². The maximum absolute atomic E-state index is 10.4. The highest BCUT2D eigenvalue weighted by Gasteiger charge is 2.19. The molecule has 0 saturated carbocycles. The molecule has 2 aromatic carbocycles. The highest BCUT2D eigenvalue weighted by Crippen LogP contribution is 2.35. The van der Waals surface area contributed by atoms with Gasteiger partial charge in [0.1, 0.15) is 11.9 Å². The first kappa shape index (κ1) is 13.8. The molecule has 0 aliphatic rings. The second-order valence-electron chi connectivity index (χ2n) is 4.38. The van der Waals surface area contributed by atoms with E-state index >= 15 is 0 Å². The largest absolute Gasteiger partial charge is 0.456 e. The van der Waals surface area contributed by atoms with Crippen LogP contribution in [-0.4, -0.2) is 5.11 Å². The Bertz CT molecular complexity index is 780. The van der Waals surface area contributed by atoms with Gasteiger partial charge in [-0.25, -0.2) is 0 Å². The minimum Gasteiger partial charge on any atom is -0.456 e. The SMILES string of the molecule is OC(c1cc2cccc(Cl)c2o1)c1cc(Cl)ccc1Cl. The molecule has 0 bridgehead atoms. The summed E-state index contributed by atoms with van der Waals surface area (Å²) < 4.78 is 5.63. The number of fused-ring (bicyclic) bond motifs is 1. The van der Waals surface area contributed by atoms with Gasteiger partial charge in [0.05, 0.1) is 5.02 Å². The molecule has 3 rings (SSSR count). The van der Waals surface area contributed by atoms with Gasteiger partial charge >= 0.3 is 0 Å². The van der Waals surface area contributed by atoms with Crippen molar-refractivity contribution in [2.45, 2.75) is 6.10 Å². The van der Waals surface area contributed by atoms with Crippen LogP contribution in [-0.2, 0) is 0 Å². The van der Waals surface area contributed by atoms with Crippen molar-refractivity contribution in [1.82, 2.24) is 0 Å². The van der Waals surface area contributed by atoms with Crippen LogP contribution in [0.4, 0.5) is 0 Å². The first-order valence-corrected chi connectivity index (χ1v) is 7.00. The van der Waals surface area contributed by atoms with Gasteiger partial charge in [-0.1, -0.05) is 46.9 Å². The molecular formula is C15H9Cl3O2. The molecule has 5 heteroatoms. The lowest BCUT2D eigenvalue weighted by atomic mass is 10.1.